The molecule has 2 saturated heterocycles. The number of rotatable bonds is 3. The molecular formula is C25H26ClNO5. The van der Waals surface area contributed by atoms with E-state index in [1.807, 2.05) is 74.5 Å². The van der Waals surface area contributed by atoms with Crippen LogP contribution >= 0.6 is 11.6 Å². The highest BCUT2D eigenvalue weighted by Crippen LogP contribution is 2.41. The Bertz CT molecular complexity index is 1020. The first-order valence-corrected chi connectivity index (χ1v) is 11.1. The van der Waals surface area contributed by atoms with E-state index in [1.165, 1.54) is 0 Å². The lowest BCUT2D eigenvalue weighted by molar-refractivity contribution is -0.263. The Morgan fingerprint density at radius 1 is 0.938 bits per heavy atom. The maximum absolute atomic E-state index is 6.63. The number of ether oxygens (including phenoxy) is 5. The maximum Gasteiger partial charge on any atom is 0.186 e. The molecule has 5 rings (SSSR count). The summed E-state index contributed by atoms with van der Waals surface area (Å²) >= 11 is 6.09. The van der Waals surface area contributed by atoms with Gasteiger partial charge in [-0.25, -0.2) is 0 Å². The second-order valence-corrected chi connectivity index (χ2v) is 8.97. The van der Waals surface area contributed by atoms with E-state index in [1.54, 1.807) is 7.11 Å². The molecule has 0 unspecified atom stereocenters. The molecule has 3 heterocycles. The quantitative estimate of drug-likeness (QED) is 0.683. The number of allylic oxidation sites excluding steroid dienone is 1. The second kappa shape index (κ2) is 8.61. The second-order valence-electron chi connectivity index (χ2n) is 8.53. The molecule has 0 aromatic heterocycles. The van der Waals surface area contributed by atoms with Gasteiger partial charge in [-0.3, -0.25) is 4.99 Å². The zero-order chi connectivity index (χ0) is 22.3. The van der Waals surface area contributed by atoms with Crippen molar-refractivity contribution >= 4 is 23.1 Å². The molecule has 0 saturated carbocycles. The van der Waals surface area contributed by atoms with Crippen LogP contribution in [0.3, 0.4) is 0 Å². The molecule has 0 bridgehead atoms. The van der Waals surface area contributed by atoms with E-state index in [0.717, 1.165) is 16.8 Å². The monoisotopic (exact) mass is 455 g/mol. The van der Waals surface area contributed by atoms with Gasteiger partial charge in [-0.05, 0) is 31.5 Å². The largest absolute Gasteiger partial charge is 0.484 e. The molecule has 32 heavy (non-hydrogen) atoms. The molecule has 2 fully saturated rings. The van der Waals surface area contributed by atoms with Gasteiger partial charge >= 0.3 is 0 Å². The van der Waals surface area contributed by atoms with Crippen LogP contribution in [0.2, 0.25) is 5.02 Å². The fraction of sp³-hybridized carbons (Fsp3) is 0.400. The van der Waals surface area contributed by atoms with Crippen molar-refractivity contribution in [2.75, 3.05) is 13.7 Å². The highest BCUT2D eigenvalue weighted by atomic mass is 35.5. The van der Waals surface area contributed by atoms with Crippen LogP contribution in [-0.4, -0.2) is 55.9 Å². The molecular weight excluding hydrogens is 430 g/mol. The summed E-state index contributed by atoms with van der Waals surface area (Å²) in [5, 5.41) is 0.675. The Kier molecular flexibility index (Phi) is 5.82. The van der Waals surface area contributed by atoms with Gasteiger partial charge in [0, 0.05) is 23.8 Å². The first kappa shape index (κ1) is 21.6. The maximum atomic E-state index is 6.63. The van der Waals surface area contributed by atoms with Crippen molar-refractivity contribution in [3.63, 3.8) is 0 Å². The van der Waals surface area contributed by atoms with Crippen LogP contribution in [0.25, 0.3) is 5.76 Å². The van der Waals surface area contributed by atoms with Gasteiger partial charge in [-0.2, -0.15) is 0 Å². The first-order valence-electron chi connectivity index (χ1n) is 10.7. The molecule has 0 spiro atoms. The van der Waals surface area contributed by atoms with Crippen LogP contribution in [0.1, 0.15) is 25.0 Å². The highest BCUT2D eigenvalue weighted by molar-refractivity contribution is 6.30. The topological polar surface area (TPSA) is 58.5 Å². The average molecular weight is 456 g/mol. The summed E-state index contributed by atoms with van der Waals surface area (Å²) in [6.45, 7) is 4.18. The number of hydrogen-bond acceptors (Lipinski definition) is 6. The third kappa shape index (κ3) is 4.21. The van der Waals surface area contributed by atoms with E-state index in [-0.39, 0.29) is 12.2 Å². The van der Waals surface area contributed by atoms with Gasteiger partial charge in [0.2, 0.25) is 0 Å². The van der Waals surface area contributed by atoms with E-state index in [9.17, 15) is 0 Å². The van der Waals surface area contributed by atoms with Crippen LogP contribution in [0.5, 0.6) is 0 Å². The van der Waals surface area contributed by atoms with E-state index >= 15 is 0 Å². The Morgan fingerprint density at radius 2 is 1.66 bits per heavy atom. The van der Waals surface area contributed by atoms with Crippen LogP contribution in [0, 0.1) is 0 Å². The summed E-state index contributed by atoms with van der Waals surface area (Å²) in [7, 11) is 1.61. The first-order chi connectivity index (χ1) is 15.4. The average Bonchev–Trinajstić information content (AvgIpc) is 3.10. The molecule has 0 aliphatic carbocycles. The molecule has 3 aliphatic rings. The normalized spacial score (nSPS) is 32.9. The molecule has 6 nitrogen and oxygen atoms in total. The zero-order valence-corrected chi connectivity index (χ0v) is 19.0. The number of halogens is 1. The van der Waals surface area contributed by atoms with E-state index in [2.05, 4.69) is 0 Å². The minimum Gasteiger partial charge on any atom is -0.484 e. The van der Waals surface area contributed by atoms with Crippen molar-refractivity contribution in [2.45, 2.75) is 50.3 Å². The van der Waals surface area contributed by atoms with Gasteiger partial charge in [-0.15, -0.1) is 0 Å². The molecule has 7 heteroatoms. The number of fused-ring (bicyclic) bond motifs is 3. The number of nitrogens with zero attached hydrogens (tertiary/aromatic N) is 1. The summed E-state index contributed by atoms with van der Waals surface area (Å²) in [5.41, 5.74) is 2.68. The minimum atomic E-state index is -0.759. The Morgan fingerprint density at radius 3 is 2.38 bits per heavy atom. The van der Waals surface area contributed by atoms with Crippen LogP contribution in [-0.2, 0) is 23.7 Å². The molecule has 5 atom stereocenters. The predicted octanol–water partition coefficient (Wildman–Crippen LogP) is 4.46. The van der Waals surface area contributed by atoms with Gasteiger partial charge < -0.3 is 23.7 Å². The summed E-state index contributed by atoms with van der Waals surface area (Å²) < 4.78 is 30.8. The van der Waals surface area contributed by atoms with E-state index in [4.69, 9.17) is 40.3 Å². The molecule has 2 aromatic rings. The van der Waals surface area contributed by atoms with Gasteiger partial charge in [0.25, 0.3) is 0 Å². The standard InChI is InChI=1S/C25H26ClNO5/c1-25(2)31-22-21-20(30-24(28-3)23(22)32-25)14-27-18(15-9-11-17(26)12-10-15)13-19(29-21)16-7-5-4-6-8-16/h4-13,20-24H,14H2,1-3H3/b19-13-,27-18?/t20-,21-,22+,23+,24+/m1/s1. The van der Waals surface area contributed by atoms with Crippen molar-refractivity contribution in [1.29, 1.82) is 0 Å². The summed E-state index contributed by atoms with van der Waals surface area (Å²) in [5.74, 6) is -0.0645. The van der Waals surface area contributed by atoms with Crippen LogP contribution in [0.15, 0.2) is 65.7 Å². The minimum absolute atomic E-state index is 0.354. The fourth-order valence-electron chi connectivity index (χ4n) is 4.39. The fourth-order valence-corrected chi connectivity index (χ4v) is 4.51. The zero-order valence-electron chi connectivity index (χ0n) is 18.2. The Labute approximate surface area is 192 Å². The smallest absolute Gasteiger partial charge is 0.186 e. The van der Waals surface area contributed by atoms with Crippen LogP contribution in [0.4, 0.5) is 0 Å². The van der Waals surface area contributed by atoms with Crippen molar-refractivity contribution in [3.8, 4) is 0 Å². The van der Waals surface area contributed by atoms with Crippen molar-refractivity contribution in [1.82, 2.24) is 0 Å². The SMILES string of the molecule is CO[C@H]1O[C@@H]2CN=C(c3ccc(Cl)cc3)/C=C(/c3ccccc3)O[C@H]2[C@@H]2OC(C)(C)O[C@H]12. The van der Waals surface area contributed by atoms with Crippen LogP contribution < -0.4 is 0 Å². The van der Waals surface area contributed by atoms with Gasteiger partial charge in [0.1, 0.15) is 24.1 Å². The van der Waals surface area contributed by atoms with Crippen molar-refractivity contribution in [3.05, 3.63) is 76.8 Å². The summed E-state index contributed by atoms with van der Waals surface area (Å²) in [6.07, 6.45) is -0.124. The molecule has 3 aliphatic heterocycles. The molecule has 0 N–H and O–H groups in total. The summed E-state index contributed by atoms with van der Waals surface area (Å²) in [6, 6.07) is 17.6. The van der Waals surface area contributed by atoms with Gasteiger partial charge in [-0.1, -0.05) is 54.1 Å². The third-order valence-corrected chi connectivity index (χ3v) is 6.09. The third-order valence-electron chi connectivity index (χ3n) is 5.83. The van der Waals surface area contributed by atoms with Gasteiger partial charge in [0.15, 0.2) is 18.2 Å². The number of methoxy groups -OCH3 is 1. The van der Waals surface area contributed by atoms with Gasteiger partial charge in [0.05, 0.1) is 12.3 Å². The molecule has 0 radical (unpaired) electrons. The lowest BCUT2D eigenvalue weighted by Crippen LogP contribution is -2.58. The highest BCUT2D eigenvalue weighted by Gasteiger charge is 2.57. The Balaban J connectivity index is 1.56. The number of benzene rings is 2. The molecule has 168 valence electrons. The Hall–Kier alpha value is -2.22. The molecule has 0 amide bonds. The number of aliphatic imine (C=N–C) groups is 1. The lowest BCUT2D eigenvalue weighted by Gasteiger charge is -2.42. The van der Waals surface area contributed by atoms with Crippen molar-refractivity contribution < 1.29 is 23.7 Å². The number of hydrogen-bond donors (Lipinski definition) is 0. The van der Waals surface area contributed by atoms with E-state index in [0.29, 0.717) is 17.3 Å². The predicted molar refractivity (Wildman–Crippen MR) is 122 cm³/mol. The lowest BCUT2D eigenvalue weighted by atomic mass is 9.97. The summed E-state index contributed by atoms with van der Waals surface area (Å²) in [4.78, 5) is 4.90. The van der Waals surface area contributed by atoms with Crippen molar-refractivity contribution in [2.24, 2.45) is 4.99 Å². The van der Waals surface area contributed by atoms with E-state index < -0.39 is 24.3 Å². The molecule has 2 aromatic carbocycles.